The van der Waals surface area contributed by atoms with Crippen molar-refractivity contribution < 1.29 is 42.9 Å². The standard InChI is InChI=1S/C37H38O9/c1-8-26-21-28(27-9-13-30(14-10-27)46-36(40)25(6)7)11-15-31(26)32-16-12-29(37(41)45-20-19-44-35(39)24(4)5)22-33(32)42-17-18-43-34(38)23(2)3/h9-16,21-22H,2,4,6,8,17-20H2,1,3,5,7H3. The largest absolute Gasteiger partial charge is 0.489 e. The second-order valence-electron chi connectivity index (χ2n) is 10.4. The minimum absolute atomic E-state index is 0.0227. The molecule has 0 saturated carbocycles. The molecule has 0 saturated heterocycles. The number of esters is 4. The van der Waals surface area contributed by atoms with E-state index in [1.165, 1.54) is 6.92 Å². The van der Waals surface area contributed by atoms with Crippen molar-refractivity contribution in [1.82, 2.24) is 0 Å². The van der Waals surface area contributed by atoms with Crippen molar-refractivity contribution in [2.45, 2.75) is 34.1 Å². The van der Waals surface area contributed by atoms with Gasteiger partial charge in [-0.3, -0.25) is 0 Å². The molecular weight excluding hydrogens is 588 g/mol. The van der Waals surface area contributed by atoms with E-state index in [0.717, 1.165) is 27.8 Å². The number of hydrogen-bond donors (Lipinski definition) is 0. The number of carbonyl (C=O) groups is 4. The summed E-state index contributed by atoms with van der Waals surface area (Å²) in [5.74, 6) is -1.39. The normalized spacial score (nSPS) is 10.3. The number of hydrogen-bond acceptors (Lipinski definition) is 9. The zero-order valence-electron chi connectivity index (χ0n) is 26.6. The van der Waals surface area contributed by atoms with Gasteiger partial charge in [-0.1, -0.05) is 57.0 Å². The molecule has 0 amide bonds. The monoisotopic (exact) mass is 626 g/mol. The highest BCUT2D eigenvalue weighted by atomic mass is 16.6. The second-order valence-corrected chi connectivity index (χ2v) is 10.4. The van der Waals surface area contributed by atoms with Crippen LogP contribution in [-0.4, -0.2) is 50.3 Å². The molecule has 0 aliphatic rings. The van der Waals surface area contributed by atoms with Crippen LogP contribution in [0.2, 0.25) is 0 Å². The summed E-state index contributed by atoms with van der Waals surface area (Å²) in [5, 5.41) is 0. The van der Waals surface area contributed by atoms with E-state index < -0.39 is 23.9 Å². The van der Waals surface area contributed by atoms with E-state index in [2.05, 4.69) is 25.8 Å². The van der Waals surface area contributed by atoms with Gasteiger partial charge < -0.3 is 23.7 Å². The van der Waals surface area contributed by atoms with Crippen molar-refractivity contribution in [1.29, 1.82) is 0 Å². The molecule has 3 aromatic rings. The average Bonchev–Trinajstić information content (AvgIpc) is 3.04. The van der Waals surface area contributed by atoms with Crippen molar-refractivity contribution >= 4 is 23.9 Å². The first-order valence-corrected chi connectivity index (χ1v) is 14.6. The second kappa shape index (κ2) is 16.6. The van der Waals surface area contributed by atoms with Gasteiger partial charge in [0.25, 0.3) is 0 Å². The number of carbonyl (C=O) groups excluding carboxylic acids is 4. The molecular formula is C37H38O9. The smallest absolute Gasteiger partial charge is 0.338 e. The lowest BCUT2D eigenvalue weighted by Gasteiger charge is -2.17. The molecule has 0 atom stereocenters. The third-order valence-corrected chi connectivity index (χ3v) is 6.56. The molecule has 0 unspecified atom stereocenters. The molecule has 0 bridgehead atoms. The molecule has 3 rings (SSSR count). The summed E-state index contributed by atoms with van der Waals surface area (Å²) in [5.41, 5.74) is 5.58. The maximum Gasteiger partial charge on any atom is 0.338 e. The first-order valence-electron chi connectivity index (χ1n) is 14.6. The van der Waals surface area contributed by atoms with Gasteiger partial charge >= 0.3 is 23.9 Å². The summed E-state index contributed by atoms with van der Waals surface area (Å²) >= 11 is 0. The zero-order chi connectivity index (χ0) is 33.8. The van der Waals surface area contributed by atoms with Crippen molar-refractivity contribution in [3.63, 3.8) is 0 Å². The van der Waals surface area contributed by atoms with Crippen LogP contribution in [0.1, 0.15) is 43.6 Å². The van der Waals surface area contributed by atoms with E-state index in [0.29, 0.717) is 23.5 Å². The molecule has 46 heavy (non-hydrogen) atoms. The first-order chi connectivity index (χ1) is 21.9. The van der Waals surface area contributed by atoms with E-state index in [1.807, 2.05) is 31.2 Å². The zero-order valence-corrected chi connectivity index (χ0v) is 26.6. The molecule has 0 aliphatic carbocycles. The highest BCUT2D eigenvalue weighted by molar-refractivity contribution is 5.92. The molecule has 0 N–H and O–H groups in total. The summed E-state index contributed by atoms with van der Waals surface area (Å²) in [7, 11) is 0. The van der Waals surface area contributed by atoms with Crippen LogP contribution >= 0.6 is 0 Å². The Kier molecular flexibility index (Phi) is 12.6. The van der Waals surface area contributed by atoms with Gasteiger partial charge in [0.15, 0.2) is 0 Å². The van der Waals surface area contributed by atoms with E-state index >= 15 is 0 Å². The van der Waals surface area contributed by atoms with Crippen molar-refractivity contribution in [3.8, 4) is 33.8 Å². The number of aryl methyl sites for hydroxylation is 1. The van der Waals surface area contributed by atoms with Crippen molar-refractivity contribution in [2.75, 3.05) is 26.4 Å². The van der Waals surface area contributed by atoms with Gasteiger partial charge in [-0.25, -0.2) is 19.2 Å². The van der Waals surface area contributed by atoms with E-state index in [4.69, 9.17) is 23.7 Å². The van der Waals surface area contributed by atoms with Crippen LogP contribution in [0.5, 0.6) is 11.5 Å². The molecule has 0 aliphatic heterocycles. The first kappa shape index (κ1) is 35.0. The summed E-state index contributed by atoms with van der Waals surface area (Å²) in [6.45, 7) is 17.2. The molecule has 9 heteroatoms. The highest BCUT2D eigenvalue weighted by Gasteiger charge is 2.17. The lowest BCUT2D eigenvalue weighted by atomic mass is 9.92. The van der Waals surface area contributed by atoms with E-state index in [9.17, 15) is 19.2 Å². The van der Waals surface area contributed by atoms with Crippen LogP contribution in [0.4, 0.5) is 0 Å². The van der Waals surface area contributed by atoms with Crippen LogP contribution in [-0.2, 0) is 35.0 Å². The fraction of sp³-hybridized carbons (Fsp3) is 0.243. The molecule has 0 spiro atoms. The fourth-order valence-electron chi connectivity index (χ4n) is 4.11. The Bertz CT molecular complexity index is 1650. The third-order valence-electron chi connectivity index (χ3n) is 6.56. The highest BCUT2D eigenvalue weighted by Crippen LogP contribution is 2.36. The molecule has 240 valence electrons. The van der Waals surface area contributed by atoms with Gasteiger partial charge in [-0.05, 0) is 79.8 Å². The Morgan fingerprint density at radius 3 is 1.74 bits per heavy atom. The average molecular weight is 627 g/mol. The van der Waals surface area contributed by atoms with Crippen LogP contribution < -0.4 is 9.47 Å². The van der Waals surface area contributed by atoms with Gasteiger partial charge in [0.1, 0.15) is 37.9 Å². The summed E-state index contributed by atoms with van der Waals surface area (Å²) in [6, 6.07) is 18.2. The van der Waals surface area contributed by atoms with Crippen LogP contribution in [0.15, 0.2) is 97.1 Å². The number of rotatable bonds is 15. The van der Waals surface area contributed by atoms with Crippen molar-refractivity contribution in [3.05, 3.63) is 108 Å². The molecule has 9 nitrogen and oxygen atoms in total. The maximum atomic E-state index is 12.8. The van der Waals surface area contributed by atoms with Crippen LogP contribution in [0.25, 0.3) is 22.3 Å². The minimum Gasteiger partial charge on any atom is -0.489 e. The van der Waals surface area contributed by atoms with Gasteiger partial charge in [0.05, 0.1) is 5.56 Å². The lowest BCUT2D eigenvalue weighted by molar-refractivity contribution is -0.140. The minimum atomic E-state index is -0.625. The van der Waals surface area contributed by atoms with Crippen LogP contribution in [0.3, 0.4) is 0 Å². The Labute approximate surface area is 269 Å². The van der Waals surface area contributed by atoms with Crippen LogP contribution in [0, 0.1) is 0 Å². The van der Waals surface area contributed by atoms with Gasteiger partial charge in [0.2, 0.25) is 0 Å². The lowest BCUT2D eigenvalue weighted by Crippen LogP contribution is -2.15. The summed E-state index contributed by atoms with van der Waals surface area (Å²) < 4.78 is 26.8. The topological polar surface area (TPSA) is 114 Å². The Morgan fingerprint density at radius 1 is 0.609 bits per heavy atom. The quantitative estimate of drug-likeness (QED) is 0.0588. The Balaban J connectivity index is 1.87. The molecule has 0 fully saturated rings. The summed E-state index contributed by atoms with van der Waals surface area (Å²) in [6.07, 6.45) is 0.694. The molecule has 0 aromatic heterocycles. The fourth-order valence-corrected chi connectivity index (χ4v) is 4.11. The van der Waals surface area contributed by atoms with Crippen molar-refractivity contribution in [2.24, 2.45) is 0 Å². The third kappa shape index (κ3) is 9.79. The van der Waals surface area contributed by atoms with Gasteiger partial charge in [0, 0.05) is 22.3 Å². The number of ether oxygens (including phenoxy) is 5. The molecule has 0 heterocycles. The number of benzene rings is 3. The molecule has 3 aromatic carbocycles. The predicted octanol–water partition coefficient (Wildman–Crippen LogP) is 6.84. The van der Waals surface area contributed by atoms with Gasteiger partial charge in [-0.2, -0.15) is 0 Å². The van der Waals surface area contributed by atoms with E-state index in [1.54, 1.807) is 44.2 Å². The van der Waals surface area contributed by atoms with E-state index in [-0.39, 0.29) is 43.1 Å². The molecule has 0 radical (unpaired) electrons. The SMILES string of the molecule is C=C(C)C(=O)OCCOC(=O)c1ccc(-c2ccc(-c3ccc(OC(=O)C(=C)C)cc3)cc2CC)c(OCCOC(=O)C(=C)C)c1. The summed E-state index contributed by atoms with van der Waals surface area (Å²) in [4.78, 5) is 48.0. The predicted molar refractivity (Wildman–Crippen MR) is 174 cm³/mol. The van der Waals surface area contributed by atoms with Gasteiger partial charge in [-0.15, -0.1) is 0 Å². The Hall–Kier alpha value is -5.44. The maximum absolute atomic E-state index is 12.8. The Morgan fingerprint density at radius 2 is 1.15 bits per heavy atom.